The molecule has 2 amide bonds. The molecule has 0 aromatic heterocycles. The molecule has 0 saturated heterocycles. The van der Waals surface area contributed by atoms with Crippen LogP contribution in [0.2, 0.25) is 0 Å². The molecule has 5 nitrogen and oxygen atoms in total. The smallest absolute Gasteiger partial charge is 0.243 e. The van der Waals surface area contributed by atoms with Gasteiger partial charge in [-0.05, 0) is 50.3 Å². The molecule has 0 spiro atoms. The van der Waals surface area contributed by atoms with E-state index >= 15 is 0 Å². The van der Waals surface area contributed by atoms with E-state index in [9.17, 15) is 9.59 Å². The van der Waals surface area contributed by atoms with E-state index in [4.69, 9.17) is 5.73 Å². The van der Waals surface area contributed by atoms with Crippen LogP contribution in [0.25, 0.3) is 0 Å². The first-order valence-corrected chi connectivity index (χ1v) is 7.86. The summed E-state index contributed by atoms with van der Waals surface area (Å²) in [6.07, 6.45) is 2.91. The van der Waals surface area contributed by atoms with E-state index in [0.29, 0.717) is 6.54 Å². The number of nitrogens with two attached hydrogens (primary N) is 1. The molecule has 1 fully saturated rings. The largest absolute Gasteiger partial charge is 0.347 e. The van der Waals surface area contributed by atoms with Crippen molar-refractivity contribution in [2.45, 2.75) is 33.1 Å². The average molecular weight is 303 g/mol. The summed E-state index contributed by atoms with van der Waals surface area (Å²) in [6, 6.07) is 5.85. The van der Waals surface area contributed by atoms with Crippen LogP contribution in [0.3, 0.4) is 0 Å². The van der Waals surface area contributed by atoms with E-state index in [2.05, 4.69) is 10.6 Å². The number of nitrogens with one attached hydrogen (secondary N) is 2. The average Bonchev–Trinajstić information content (AvgIpc) is 2.97. The van der Waals surface area contributed by atoms with Crippen molar-refractivity contribution in [3.8, 4) is 0 Å². The van der Waals surface area contributed by atoms with Gasteiger partial charge in [0.2, 0.25) is 11.8 Å². The highest BCUT2D eigenvalue weighted by atomic mass is 16.2. The third-order valence-corrected chi connectivity index (χ3v) is 4.47. The molecule has 2 atom stereocenters. The summed E-state index contributed by atoms with van der Waals surface area (Å²) in [7, 11) is 0. The summed E-state index contributed by atoms with van der Waals surface area (Å²) in [5.41, 5.74) is 8.54. The Labute approximate surface area is 131 Å². The van der Waals surface area contributed by atoms with Crippen LogP contribution in [-0.2, 0) is 9.59 Å². The topological polar surface area (TPSA) is 84.2 Å². The summed E-state index contributed by atoms with van der Waals surface area (Å²) in [6.45, 7) is 4.43. The van der Waals surface area contributed by atoms with Crippen molar-refractivity contribution in [3.63, 3.8) is 0 Å². The first-order chi connectivity index (χ1) is 10.5. The minimum absolute atomic E-state index is 0.000396. The minimum Gasteiger partial charge on any atom is -0.347 e. The Kier molecular flexibility index (Phi) is 5.55. The van der Waals surface area contributed by atoms with Crippen LogP contribution >= 0.6 is 0 Å². The van der Waals surface area contributed by atoms with Gasteiger partial charge in [0.25, 0.3) is 0 Å². The molecule has 1 aromatic rings. The van der Waals surface area contributed by atoms with Crippen molar-refractivity contribution >= 4 is 17.5 Å². The summed E-state index contributed by atoms with van der Waals surface area (Å²) in [5, 5.41) is 5.61. The molecular formula is C17H25N3O2. The Morgan fingerprint density at radius 3 is 2.55 bits per heavy atom. The summed E-state index contributed by atoms with van der Waals surface area (Å²) in [4.78, 5) is 24.2. The number of amides is 2. The van der Waals surface area contributed by atoms with Crippen LogP contribution < -0.4 is 16.4 Å². The fraction of sp³-hybridized carbons (Fsp3) is 0.529. The normalized spacial score (nSPS) is 20.7. The number of anilines is 1. The van der Waals surface area contributed by atoms with Crippen LogP contribution in [0.5, 0.6) is 0 Å². The molecule has 4 N–H and O–H groups in total. The third kappa shape index (κ3) is 3.85. The van der Waals surface area contributed by atoms with Gasteiger partial charge in [0.15, 0.2) is 0 Å². The second-order valence-electron chi connectivity index (χ2n) is 6.07. The molecule has 5 heteroatoms. The number of carbonyl (C=O) groups excluding carboxylic acids is 2. The van der Waals surface area contributed by atoms with Crippen molar-refractivity contribution in [1.82, 2.24) is 5.32 Å². The van der Waals surface area contributed by atoms with Gasteiger partial charge >= 0.3 is 0 Å². The lowest BCUT2D eigenvalue weighted by Crippen LogP contribution is -2.39. The number of aryl methyl sites for hydroxylation is 2. The number of hydrogen-bond acceptors (Lipinski definition) is 3. The van der Waals surface area contributed by atoms with Gasteiger partial charge < -0.3 is 16.4 Å². The van der Waals surface area contributed by atoms with Crippen molar-refractivity contribution in [1.29, 1.82) is 0 Å². The highest BCUT2D eigenvalue weighted by Gasteiger charge is 2.31. The predicted octanol–water partition coefficient (Wildman–Crippen LogP) is 1.73. The van der Waals surface area contributed by atoms with Crippen molar-refractivity contribution in [2.75, 3.05) is 18.4 Å². The van der Waals surface area contributed by atoms with Gasteiger partial charge in [-0.1, -0.05) is 24.6 Å². The van der Waals surface area contributed by atoms with E-state index in [1.807, 2.05) is 32.0 Å². The van der Waals surface area contributed by atoms with Crippen molar-refractivity contribution in [2.24, 2.45) is 17.6 Å². The minimum atomic E-state index is -0.201. The molecule has 1 saturated carbocycles. The number of para-hydroxylation sites is 1. The quantitative estimate of drug-likeness (QED) is 0.774. The van der Waals surface area contributed by atoms with E-state index < -0.39 is 0 Å². The lowest BCUT2D eigenvalue weighted by atomic mass is 9.95. The van der Waals surface area contributed by atoms with Gasteiger partial charge in [0.05, 0.1) is 6.54 Å². The highest BCUT2D eigenvalue weighted by Crippen LogP contribution is 2.30. The molecule has 22 heavy (non-hydrogen) atoms. The predicted molar refractivity (Wildman–Crippen MR) is 87.4 cm³/mol. The van der Waals surface area contributed by atoms with Gasteiger partial charge in [0, 0.05) is 11.6 Å². The maximum atomic E-state index is 12.2. The van der Waals surface area contributed by atoms with Gasteiger partial charge in [-0.2, -0.15) is 0 Å². The first-order valence-electron chi connectivity index (χ1n) is 7.86. The molecule has 0 aliphatic heterocycles. The molecule has 0 radical (unpaired) electrons. The third-order valence-electron chi connectivity index (χ3n) is 4.47. The second kappa shape index (κ2) is 7.40. The Morgan fingerprint density at radius 2 is 1.91 bits per heavy atom. The molecule has 2 rings (SSSR count). The Hall–Kier alpha value is -1.88. The van der Waals surface area contributed by atoms with Gasteiger partial charge in [-0.25, -0.2) is 0 Å². The molecule has 1 aromatic carbocycles. The molecular weight excluding hydrogens is 278 g/mol. The number of benzene rings is 1. The van der Waals surface area contributed by atoms with Crippen molar-refractivity contribution in [3.05, 3.63) is 29.3 Å². The fourth-order valence-corrected chi connectivity index (χ4v) is 3.16. The lowest BCUT2D eigenvalue weighted by Gasteiger charge is -2.17. The molecule has 0 unspecified atom stereocenters. The fourth-order valence-electron chi connectivity index (χ4n) is 3.16. The van der Waals surface area contributed by atoms with Crippen molar-refractivity contribution < 1.29 is 9.59 Å². The zero-order valence-corrected chi connectivity index (χ0v) is 13.3. The second-order valence-corrected chi connectivity index (χ2v) is 6.07. The standard InChI is InChI=1S/C17H25N3O2/c1-11-5-3-6-12(2)16(11)20-15(21)10-19-17(22)14-8-4-7-13(14)9-18/h3,5-6,13-14H,4,7-10,18H2,1-2H3,(H,19,22)(H,20,21)/t13-,14-/m1/s1. The lowest BCUT2D eigenvalue weighted by molar-refractivity contribution is -0.128. The molecule has 0 heterocycles. The molecule has 0 bridgehead atoms. The summed E-state index contributed by atoms with van der Waals surface area (Å²) < 4.78 is 0. The van der Waals surface area contributed by atoms with E-state index in [1.54, 1.807) is 0 Å². The Morgan fingerprint density at radius 1 is 1.23 bits per heavy atom. The zero-order chi connectivity index (χ0) is 16.1. The van der Waals surface area contributed by atoms with E-state index in [1.165, 1.54) is 0 Å². The molecule has 1 aliphatic rings. The van der Waals surface area contributed by atoms with Crippen LogP contribution in [0.1, 0.15) is 30.4 Å². The number of carbonyl (C=O) groups is 2. The summed E-state index contributed by atoms with van der Waals surface area (Å²) >= 11 is 0. The first kappa shape index (κ1) is 16.5. The SMILES string of the molecule is Cc1cccc(C)c1NC(=O)CNC(=O)[C@@H]1CCC[C@@H]1CN. The van der Waals surface area contributed by atoms with Crippen LogP contribution in [0.15, 0.2) is 18.2 Å². The zero-order valence-electron chi connectivity index (χ0n) is 13.3. The van der Waals surface area contributed by atoms with Gasteiger partial charge in [-0.15, -0.1) is 0 Å². The van der Waals surface area contributed by atoms with E-state index in [0.717, 1.165) is 36.1 Å². The van der Waals surface area contributed by atoms with E-state index in [-0.39, 0.29) is 30.2 Å². The Balaban J connectivity index is 1.86. The van der Waals surface area contributed by atoms with Gasteiger partial charge in [-0.3, -0.25) is 9.59 Å². The maximum Gasteiger partial charge on any atom is 0.243 e. The monoisotopic (exact) mass is 303 g/mol. The highest BCUT2D eigenvalue weighted by molar-refractivity contribution is 5.96. The number of rotatable bonds is 5. The van der Waals surface area contributed by atoms with Crippen LogP contribution in [0, 0.1) is 25.7 Å². The van der Waals surface area contributed by atoms with Gasteiger partial charge in [0.1, 0.15) is 0 Å². The Bertz CT molecular complexity index is 537. The molecule has 1 aliphatic carbocycles. The molecule has 120 valence electrons. The maximum absolute atomic E-state index is 12.2. The summed E-state index contributed by atoms with van der Waals surface area (Å²) in [5.74, 6) is -0.0441. The number of hydrogen-bond donors (Lipinski definition) is 3. The van der Waals surface area contributed by atoms with Crippen LogP contribution in [-0.4, -0.2) is 24.9 Å². The van der Waals surface area contributed by atoms with Crippen LogP contribution in [0.4, 0.5) is 5.69 Å².